The fraction of sp³-hybridized carbons (Fsp3) is 0.600. The highest BCUT2D eigenvalue weighted by Crippen LogP contribution is 2.24. The van der Waals surface area contributed by atoms with Gasteiger partial charge in [0.05, 0.1) is 5.54 Å². The number of carbonyl (C=O) groups excluding carboxylic acids is 2. The predicted molar refractivity (Wildman–Crippen MR) is 107 cm³/mol. The number of hydrogen-bond acceptors (Lipinski definition) is 4. The molecule has 2 heterocycles. The van der Waals surface area contributed by atoms with Crippen molar-refractivity contribution >= 4 is 24.2 Å². The molecule has 0 bridgehead atoms. The number of likely N-dealkylation sites (tertiary alicyclic amines) is 1. The van der Waals surface area contributed by atoms with Gasteiger partial charge in [-0.25, -0.2) is 4.39 Å². The summed E-state index contributed by atoms with van der Waals surface area (Å²) in [6, 6.07) is 4.97. The van der Waals surface area contributed by atoms with Gasteiger partial charge in [0.15, 0.2) is 0 Å². The van der Waals surface area contributed by atoms with Gasteiger partial charge in [0, 0.05) is 38.8 Å². The first-order chi connectivity index (χ1) is 12.9. The largest absolute Gasteiger partial charge is 0.381 e. The predicted octanol–water partition coefficient (Wildman–Crippen LogP) is 1.92. The number of hydrogen-bond donors (Lipinski definition) is 2. The van der Waals surface area contributed by atoms with Crippen molar-refractivity contribution in [2.45, 2.75) is 44.7 Å². The summed E-state index contributed by atoms with van der Waals surface area (Å²) in [5.74, 6) is -0.471. The number of nitrogens with one attached hydrogen (secondary N) is 1. The number of piperidine rings is 1. The van der Waals surface area contributed by atoms with Gasteiger partial charge in [-0.1, -0.05) is 12.1 Å². The van der Waals surface area contributed by atoms with E-state index in [1.807, 2.05) is 6.07 Å². The number of rotatable bonds is 4. The number of aryl methyl sites for hydroxylation is 1. The van der Waals surface area contributed by atoms with Gasteiger partial charge in [-0.2, -0.15) is 0 Å². The Morgan fingerprint density at radius 2 is 1.93 bits per heavy atom. The van der Waals surface area contributed by atoms with Gasteiger partial charge in [-0.3, -0.25) is 9.59 Å². The monoisotopic (exact) mass is 413 g/mol. The van der Waals surface area contributed by atoms with Crippen LogP contribution in [0.4, 0.5) is 4.39 Å². The van der Waals surface area contributed by atoms with Gasteiger partial charge in [-0.15, -0.1) is 12.4 Å². The molecule has 6 nitrogen and oxygen atoms in total. The van der Waals surface area contributed by atoms with Crippen molar-refractivity contribution in [3.63, 3.8) is 0 Å². The molecule has 0 radical (unpaired) electrons. The van der Waals surface area contributed by atoms with Crippen LogP contribution in [0.1, 0.15) is 36.8 Å². The van der Waals surface area contributed by atoms with Crippen LogP contribution in [0, 0.1) is 18.7 Å². The molecule has 1 aromatic carbocycles. The Hall–Kier alpha value is -1.70. The zero-order valence-corrected chi connectivity index (χ0v) is 17.0. The number of carbonyl (C=O) groups is 2. The second-order valence-electron chi connectivity index (χ2n) is 7.64. The highest BCUT2D eigenvalue weighted by Gasteiger charge is 2.40. The van der Waals surface area contributed by atoms with Crippen LogP contribution in [0.3, 0.4) is 0 Å². The third-order valence-electron chi connectivity index (χ3n) is 5.67. The smallest absolute Gasteiger partial charge is 0.242 e. The first-order valence-electron chi connectivity index (χ1n) is 9.58. The first-order valence-corrected chi connectivity index (χ1v) is 9.58. The molecule has 0 aromatic heterocycles. The molecule has 2 aliphatic heterocycles. The molecule has 2 amide bonds. The van der Waals surface area contributed by atoms with Gasteiger partial charge < -0.3 is 20.7 Å². The summed E-state index contributed by atoms with van der Waals surface area (Å²) < 4.78 is 18.9. The molecule has 3 rings (SSSR count). The van der Waals surface area contributed by atoms with Gasteiger partial charge in [-0.05, 0) is 49.8 Å². The molecule has 0 spiro atoms. The van der Waals surface area contributed by atoms with Crippen LogP contribution >= 0.6 is 12.4 Å². The lowest BCUT2D eigenvalue weighted by Gasteiger charge is -2.39. The number of ether oxygens (including phenoxy) is 1. The van der Waals surface area contributed by atoms with Gasteiger partial charge in [0.1, 0.15) is 5.82 Å². The molecule has 0 saturated carbocycles. The molecular formula is C20H29ClFN3O3. The summed E-state index contributed by atoms with van der Waals surface area (Å²) in [5.41, 5.74) is 6.78. The van der Waals surface area contributed by atoms with E-state index in [0.717, 1.165) is 5.56 Å². The number of amides is 2. The SMILES string of the molecule is Cc1ccc(CNC(=O)C2CCN(C(=O)C3(N)CCOCC3)CC2)cc1F.Cl. The quantitative estimate of drug-likeness (QED) is 0.789. The molecule has 28 heavy (non-hydrogen) atoms. The van der Waals surface area contributed by atoms with E-state index in [9.17, 15) is 14.0 Å². The van der Waals surface area contributed by atoms with E-state index in [0.29, 0.717) is 64.1 Å². The maximum absolute atomic E-state index is 13.6. The van der Waals surface area contributed by atoms with Gasteiger partial charge >= 0.3 is 0 Å². The Morgan fingerprint density at radius 3 is 2.54 bits per heavy atom. The zero-order valence-electron chi connectivity index (χ0n) is 16.2. The third-order valence-corrected chi connectivity index (χ3v) is 5.67. The van der Waals surface area contributed by atoms with Crippen molar-refractivity contribution < 1.29 is 18.7 Å². The van der Waals surface area contributed by atoms with Crippen LogP contribution in [0.25, 0.3) is 0 Å². The van der Waals surface area contributed by atoms with E-state index in [4.69, 9.17) is 10.5 Å². The molecule has 3 N–H and O–H groups in total. The Balaban J connectivity index is 0.00000280. The molecule has 1 aromatic rings. The summed E-state index contributed by atoms with van der Waals surface area (Å²) in [6.45, 7) is 4.12. The molecule has 0 unspecified atom stereocenters. The molecular weight excluding hydrogens is 385 g/mol. The van der Waals surface area contributed by atoms with Crippen LogP contribution in [-0.4, -0.2) is 48.6 Å². The minimum atomic E-state index is -0.830. The van der Waals surface area contributed by atoms with E-state index in [1.165, 1.54) is 6.07 Å². The summed E-state index contributed by atoms with van der Waals surface area (Å²) in [6.07, 6.45) is 2.32. The molecule has 0 aliphatic carbocycles. The maximum atomic E-state index is 13.6. The lowest BCUT2D eigenvalue weighted by atomic mass is 9.87. The van der Waals surface area contributed by atoms with E-state index in [-0.39, 0.29) is 36.0 Å². The fourth-order valence-electron chi connectivity index (χ4n) is 3.69. The van der Waals surface area contributed by atoms with E-state index in [2.05, 4.69) is 5.32 Å². The normalized spacial score (nSPS) is 19.6. The summed E-state index contributed by atoms with van der Waals surface area (Å²) in [7, 11) is 0. The standard InChI is InChI=1S/C20H28FN3O3.ClH/c1-14-2-3-15(12-17(14)21)13-23-18(25)16-4-8-24(9-5-16)19(26)20(22)6-10-27-11-7-20;/h2-3,12,16H,4-11,13,22H2,1H3,(H,23,25);1H. The topological polar surface area (TPSA) is 84.7 Å². The highest BCUT2D eigenvalue weighted by atomic mass is 35.5. The van der Waals surface area contributed by atoms with Crippen molar-refractivity contribution in [2.24, 2.45) is 11.7 Å². The number of halogens is 2. The number of nitrogens with zero attached hydrogens (tertiary/aromatic N) is 1. The Labute approximate surface area is 171 Å². The van der Waals surface area contributed by atoms with E-state index >= 15 is 0 Å². The van der Waals surface area contributed by atoms with Crippen molar-refractivity contribution in [2.75, 3.05) is 26.3 Å². The lowest BCUT2D eigenvalue weighted by Crippen LogP contribution is -2.59. The van der Waals surface area contributed by atoms with E-state index < -0.39 is 5.54 Å². The molecule has 2 saturated heterocycles. The molecule has 156 valence electrons. The van der Waals surface area contributed by atoms with Crippen LogP contribution < -0.4 is 11.1 Å². The van der Waals surface area contributed by atoms with Gasteiger partial charge in [0.2, 0.25) is 11.8 Å². The van der Waals surface area contributed by atoms with Crippen LogP contribution in [0.2, 0.25) is 0 Å². The Kier molecular flexibility index (Phi) is 7.80. The summed E-state index contributed by atoms with van der Waals surface area (Å²) in [5, 5.41) is 2.88. The second kappa shape index (κ2) is 9.67. The van der Waals surface area contributed by atoms with Crippen molar-refractivity contribution in [1.29, 1.82) is 0 Å². The van der Waals surface area contributed by atoms with Crippen molar-refractivity contribution in [3.8, 4) is 0 Å². The molecule has 8 heteroatoms. The molecule has 2 aliphatic rings. The van der Waals surface area contributed by atoms with Crippen LogP contribution in [0.15, 0.2) is 18.2 Å². The van der Waals surface area contributed by atoms with Gasteiger partial charge in [0.25, 0.3) is 0 Å². The zero-order chi connectivity index (χ0) is 19.4. The minimum absolute atomic E-state index is 0. The van der Waals surface area contributed by atoms with E-state index in [1.54, 1.807) is 17.9 Å². The summed E-state index contributed by atoms with van der Waals surface area (Å²) in [4.78, 5) is 26.9. The van der Waals surface area contributed by atoms with Crippen molar-refractivity contribution in [1.82, 2.24) is 10.2 Å². The molecule has 2 fully saturated rings. The average molecular weight is 414 g/mol. The Morgan fingerprint density at radius 1 is 1.29 bits per heavy atom. The van der Waals surface area contributed by atoms with Crippen LogP contribution in [0.5, 0.6) is 0 Å². The fourth-order valence-corrected chi connectivity index (χ4v) is 3.69. The lowest BCUT2D eigenvalue weighted by molar-refractivity contribution is -0.143. The third kappa shape index (κ3) is 5.21. The summed E-state index contributed by atoms with van der Waals surface area (Å²) >= 11 is 0. The average Bonchev–Trinajstić information content (AvgIpc) is 2.69. The Bertz CT molecular complexity index is 702. The minimum Gasteiger partial charge on any atom is -0.381 e. The van der Waals surface area contributed by atoms with Crippen molar-refractivity contribution in [3.05, 3.63) is 35.1 Å². The molecule has 0 atom stereocenters. The van der Waals surface area contributed by atoms with Crippen LogP contribution in [-0.2, 0) is 20.9 Å². The first kappa shape index (κ1) is 22.6. The number of benzene rings is 1. The second-order valence-corrected chi connectivity index (χ2v) is 7.64. The number of nitrogens with two attached hydrogens (primary N) is 1. The highest BCUT2D eigenvalue weighted by molar-refractivity contribution is 5.87. The maximum Gasteiger partial charge on any atom is 0.242 e.